The number of urea groups is 1. The zero-order valence-electron chi connectivity index (χ0n) is 10.6. The molecule has 1 fully saturated rings. The van der Waals surface area contributed by atoms with Crippen LogP contribution in [0.2, 0.25) is 0 Å². The highest BCUT2D eigenvalue weighted by Crippen LogP contribution is 2.19. The minimum absolute atomic E-state index is 0.123. The highest BCUT2D eigenvalue weighted by molar-refractivity contribution is 5.89. The third-order valence-corrected chi connectivity index (χ3v) is 2.77. The molecule has 0 saturated carbocycles. The molecule has 1 rings (SSSR count). The third kappa shape index (κ3) is 3.82. The number of carbonyl (C=O) groups is 4. The van der Waals surface area contributed by atoms with Gasteiger partial charge in [-0.25, -0.2) is 9.59 Å². The van der Waals surface area contributed by atoms with Crippen molar-refractivity contribution in [1.29, 1.82) is 0 Å². The number of hydrogen-bond acceptors (Lipinski definition) is 5. The summed E-state index contributed by atoms with van der Waals surface area (Å²) < 4.78 is 0. The maximum absolute atomic E-state index is 12.1. The molecule has 10 heteroatoms. The van der Waals surface area contributed by atoms with Crippen LogP contribution in [0.1, 0.15) is 6.42 Å². The number of carboxylic acid groups (broad SMARTS) is 1. The Morgan fingerprint density at radius 1 is 1.15 bits per heavy atom. The van der Waals surface area contributed by atoms with Crippen LogP contribution in [0.5, 0.6) is 0 Å². The fourth-order valence-electron chi connectivity index (χ4n) is 2.01. The van der Waals surface area contributed by atoms with Crippen LogP contribution in [0.15, 0.2) is 0 Å². The van der Waals surface area contributed by atoms with E-state index in [1.54, 1.807) is 0 Å². The Bertz CT molecular complexity index is 423. The number of hydrogen-bond donors (Lipinski definition) is 4. The molecule has 4 amide bonds. The van der Waals surface area contributed by atoms with E-state index in [1.165, 1.54) is 0 Å². The van der Waals surface area contributed by atoms with Gasteiger partial charge in [0.15, 0.2) is 0 Å². The molecule has 0 unspecified atom stereocenters. The Labute approximate surface area is 113 Å². The predicted octanol–water partition coefficient (Wildman–Crippen LogP) is -3.10. The lowest BCUT2D eigenvalue weighted by molar-refractivity contribution is -0.141. The van der Waals surface area contributed by atoms with Crippen molar-refractivity contribution < 1.29 is 29.4 Å². The van der Waals surface area contributed by atoms with Gasteiger partial charge in [-0.2, -0.15) is 0 Å². The predicted molar refractivity (Wildman–Crippen MR) is 64.1 cm³/mol. The Hall–Kier alpha value is -2.36. The van der Waals surface area contributed by atoms with Gasteiger partial charge in [-0.1, -0.05) is 0 Å². The number of nitrogens with two attached hydrogens (primary N) is 2. The van der Waals surface area contributed by atoms with Crippen molar-refractivity contribution >= 4 is 23.8 Å². The molecule has 0 bridgehead atoms. The van der Waals surface area contributed by atoms with E-state index >= 15 is 0 Å². The molecule has 2 atom stereocenters. The van der Waals surface area contributed by atoms with Crippen molar-refractivity contribution in [2.45, 2.75) is 18.6 Å². The SMILES string of the molecule is NC(=O)CN(CC(N)=O)C(=O)N1C[C@H](O)C[C@H]1C(=O)O. The van der Waals surface area contributed by atoms with Crippen LogP contribution in [-0.2, 0) is 14.4 Å². The van der Waals surface area contributed by atoms with E-state index in [1.807, 2.05) is 0 Å². The van der Waals surface area contributed by atoms with E-state index in [-0.39, 0.29) is 13.0 Å². The summed E-state index contributed by atoms with van der Waals surface area (Å²) in [5.74, 6) is -3.02. The van der Waals surface area contributed by atoms with Gasteiger partial charge in [0.25, 0.3) is 0 Å². The minimum atomic E-state index is -1.28. The molecule has 0 aromatic heterocycles. The summed E-state index contributed by atoms with van der Waals surface area (Å²) in [5, 5.41) is 18.4. The number of amides is 4. The Morgan fingerprint density at radius 2 is 1.65 bits per heavy atom. The topological polar surface area (TPSA) is 167 Å². The van der Waals surface area contributed by atoms with Crippen molar-refractivity contribution in [3.05, 3.63) is 0 Å². The molecule has 1 aliphatic rings. The molecule has 1 aliphatic heterocycles. The standard InChI is InChI=1S/C10H16N4O6/c11-7(16)3-13(4-8(12)17)10(20)14-2-5(15)1-6(14)9(18)19/h5-6,15H,1-4H2,(H2,11,16)(H2,12,17)(H,18,19)/t5-,6+/m1/s1. The zero-order chi connectivity index (χ0) is 15.4. The van der Waals surface area contributed by atoms with Gasteiger partial charge in [-0.15, -0.1) is 0 Å². The number of β-amino-alcohol motifs (C(OH)–C–C–N with tert-alkyl or cyclic N) is 1. The van der Waals surface area contributed by atoms with E-state index in [0.29, 0.717) is 0 Å². The van der Waals surface area contributed by atoms with E-state index in [2.05, 4.69) is 0 Å². The maximum Gasteiger partial charge on any atom is 0.326 e. The van der Waals surface area contributed by atoms with Crippen molar-refractivity contribution in [2.75, 3.05) is 19.6 Å². The van der Waals surface area contributed by atoms with Crippen LogP contribution in [0.3, 0.4) is 0 Å². The summed E-state index contributed by atoms with van der Waals surface area (Å²) >= 11 is 0. The van der Waals surface area contributed by atoms with Crippen molar-refractivity contribution in [2.24, 2.45) is 11.5 Å². The second-order valence-electron chi connectivity index (χ2n) is 4.47. The zero-order valence-corrected chi connectivity index (χ0v) is 10.6. The number of primary amides is 2. The first kappa shape index (κ1) is 15.7. The van der Waals surface area contributed by atoms with Gasteiger partial charge >= 0.3 is 12.0 Å². The Balaban J connectivity index is 2.89. The van der Waals surface area contributed by atoms with Crippen LogP contribution in [0.4, 0.5) is 4.79 Å². The minimum Gasteiger partial charge on any atom is -0.480 e. The van der Waals surface area contributed by atoms with Gasteiger partial charge in [0.1, 0.15) is 19.1 Å². The highest BCUT2D eigenvalue weighted by Gasteiger charge is 2.41. The molecule has 0 aromatic rings. The summed E-state index contributed by atoms with van der Waals surface area (Å²) in [5.41, 5.74) is 9.92. The Morgan fingerprint density at radius 3 is 2.05 bits per heavy atom. The number of likely N-dealkylation sites (tertiary alicyclic amines) is 1. The van der Waals surface area contributed by atoms with Crippen LogP contribution in [-0.4, -0.2) is 75.6 Å². The summed E-state index contributed by atoms with van der Waals surface area (Å²) in [6.07, 6.45) is -1.11. The summed E-state index contributed by atoms with van der Waals surface area (Å²) in [4.78, 5) is 46.5. The smallest absolute Gasteiger partial charge is 0.326 e. The highest BCUT2D eigenvalue weighted by atomic mass is 16.4. The number of aliphatic hydroxyl groups excluding tert-OH is 1. The number of nitrogens with zero attached hydrogens (tertiary/aromatic N) is 2. The average molecular weight is 288 g/mol. The lowest BCUT2D eigenvalue weighted by Gasteiger charge is -2.28. The molecule has 20 heavy (non-hydrogen) atoms. The fraction of sp³-hybridized carbons (Fsp3) is 0.600. The number of rotatable bonds is 5. The van der Waals surface area contributed by atoms with Crippen LogP contribution in [0, 0.1) is 0 Å². The van der Waals surface area contributed by atoms with Crippen LogP contribution in [0.25, 0.3) is 0 Å². The molecule has 6 N–H and O–H groups in total. The second kappa shape index (κ2) is 6.19. The molecule has 10 nitrogen and oxygen atoms in total. The molecule has 1 heterocycles. The van der Waals surface area contributed by atoms with E-state index in [9.17, 15) is 24.3 Å². The van der Waals surface area contributed by atoms with Crippen molar-refractivity contribution in [1.82, 2.24) is 9.80 Å². The monoisotopic (exact) mass is 288 g/mol. The fourth-order valence-corrected chi connectivity index (χ4v) is 2.01. The lowest BCUT2D eigenvalue weighted by Crippen LogP contribution is -2.52. The van der Waals surface area contributed by atoms with Crippen molar-refractivity contribution in [3.8, 4) is 0 Å². The van der Waals surface area contributed by atoms with Gasteiger partial charge in [0.05, 0.1) is 6.10 Å². The molecular formula is C10H16N4O6. The maximum atomic E-state index is 12.1. The summed E-state index contributed by atoms with van der Waals surface area (Å²) in [6.45, 7) is -1.34. The molecule has 0 aromatic carbocycles. The first-order chi connectivity index (χ1) is 9.22. The van der Waals surface area contributed by atoms with Gasteiger partial charge < -0.3 is 31.5 Å². The second-order valence-corrected chi connectivity index (χ2v) is 4.47. The van der Waals surface area contributed by atoms with Crippen LogP contribution < -0.4 is 11.5 Å². The third-order valence-electron chi connectivity index (χ3n) is 2.77. The van der Waals surface area contributed by atoms with Gasteiger partial charge in [0.2, 0.25) is 11.8 Å². The first-order valence-electron chi connectivity index (χ1n) is 5.75. The normalized spacial score (nSPS) is 21.6. The number of aliphatic carboxylic acids is 1. The summed E-state index contributed by atoms with van der Waals surface area (Å²) in [6, 6.07) is -2.10. The summed E-state index contributed by atoms with van der Waals surface area (Å²) in [7, 11) is 0. The van der Waals surface area contributed by atoms with Crippen LogP contribution >= 0.6 is 0 Å². The van der Waals surface area contributed by atoms with Gasteiger partial charge in [-0.05, 0) is 0 Å². The van der Waals surface area contributed by atoms with Gasteiger partial charge in [0, 0.05) is 13.0 Å². The molecule has 0 spiro atoms. The van der Waals surface area contributed by atoms with Gasteiger partial charge in [-0.3, -0.25) is 9.59 Å². The van der Waals surface area contributed by atoms with E-state index in [0.717, 1.165) is 9.80 Å². The number of aliphatic hydroxyl groups is 1. The van der Waals surface area contributed by atoms with E-state index in [4.69, 9.17) is 16.6 Å². The number of carboxylic acids is 1. The van der Waals surface area contributed by atoms with Crippen molar-refractivity contribution in [3.63, 3.8) is 0 Å². The molecule has 0 aliphatic carbocycles. The molecule has 112 valence electrons. The molecule has 1 saturated heterocycles. The van der Waals surface area contributed by atoms with E-state index < -0.39 is 49.1 Å². The molecule has 0 radical (unpaired) electrons. The molecular weight excluding hydrogens is 272 g/mol. The lowest BCUT2D eigenvalue weighted by atomic mass is 10.2. The average Bonchev–Trinajstić information content (AvgIpc) is 2.68. The quantitative estimate of drug-likeness (QED) is 0.418. The largest absolute Gasteiger partial charge is 0.480 e. The number of carbonyl (C=O) groups excluding carboxylic acids is 3. The first-order valence-corrected chi connectivity index (χ1v) is 5.75. The Kier molecular flexibility index (Phi) is 4.86.